The Labute approximate surface area is 145 Å². The number of nitrogens with one attached hydrogen (secondary N) is 1. The molecular weight excluding hydrogens is 353 g/mol. The van der Waals surface area contributed by atoms with Gasteiger partial charge in [-0.15, -0.1) is 10.2 Å². The van der Waals surface area contributed by atoms with E-state index in [4.69, 9.17) is 5.26 Å². The lowest BCUT2D eigenvalue weighted by Gasteiger charge is -2.10. The normalized spacial score (nSPS) is 12.1. The molecule has 0 unspecified atom stereocenters. The molecule has 2 rings (SSSR count). The number of halogens is 3. The summed E-state index contributed by atoms with van der Waals surface area (Å²) in [4.78, 5) is 12.1. The van der Waals surface area contributed by atoms with Gasteiger partial charge in [0.25, 0.3) is 5.91 Å². The Kier molecular flexibility index (Phi) is 5.54. The number of carbonyl (C=O) groups excluding carboxylic acids is 1. The summed E-state index contributed by atoms with van der Waals surface area (Å²) in [5, 5.41) is 20.0. The van der Waals surface area contributed by atoms with E-state index in [2.05, 4.69) is 15.5 Å². The molecular formula is C16H13F3N4OS. The van der Waals surface area contributed by atoms with E-state index in [-0.39, 0.29) is 16.6 Å². The predicted octanol–water partition coefficient (Wildman–Crippen LogP) is 4.23. The van der Waals surface area contributed by atoms with Crippen molar-refractivity contribution in [2.24, 2.45) is 0 Å². The molecule has 0 aliphatic carbocycles. The predicted molar refractivity (Wildman–Crippen MR) is 87.7 cm³/mol. The first kappa shape index (κ1) is 18.6. The minimum Gasteiger partial charge on any atom is -0.296 e. The molecule has 0 saturated carbocycles. The summed E-state index contributed by atoms with van der Waals surface area (Å²) in [6.45, 7) is 3.81. The van der Waals surface area contributed by atoms with E-state index in [1.54, 1.807) is 6.07 Å². The van der Waals surface area contributed by atoms with Crippen molar-refractivity contribution in [2.45, 2.75) is 25.9 Å². The largest absolute Gasteiger partial charge is 0.416 e. The lowest BCUT2D eigenvalue weighted by atomic mass is 10.0. The van der Waals surface area contributed by atoms with Crippen LogP contribution in [0.15, 0.2) is 29.8 Å². The second kappa shape index (κ2) is 7.44. The summed E-state index contributed by atoms with van der Waals surface area (Å²) < 4.78 is 39.0. The molecule has 1 amide bonds. The van der Waals surface area contributed by atoms with Crippen molar-refractivity contribution in [1.82, 2.24) is 10.2 Å². The molecule has 0 bridgehead atoms. The van der Waals surface area contributed by atoms with Gasteiger partial charge in [0, 0.05) is 5.92 Å². The molecule has 0 atom stereocenters. The molecule has 0 aliphatic rings. The number of aromatic nitrogens is 2. The highest BCUT2D eigenvalue weighted by Gasteiger charge is 2.32. The highest BCUT2D eigenvalue weighted by atomic mass is 32.1. The minimum absolute atomic E-state index is 0.118. The van der Waals surface area contributed by atoms with Gasteiger partial charge in [-0.2, -0.15) is 18.4 Å². The van der Waals surface area contributed by atoms with Crippen LogP contribution in [-0.2, 0) is 11.0 Å². The third-order valence-electron chi connectivity index (χ3n) is 3.09. The third kappa shape index (κ3) is 4.64. The summed E-state index contributed by atoms with van der Waals surface area (Å²) in [5.74, 6) is -0.723. The highest BCUT2D eigenvalue weighted by molar-refractivity contribution is 7.15. The van der Waals surface area contributed by atoms with Crippen molar-refractivity contribution in [3.05, 3.63) is 46.0 Å². The fourth-order valence-corrected chi connectivity index (χ4v) is 2.61. The standard InChI is InChI=1S/C16H13F3N4OS/c1-9(2)14-22-23-15(25-14)21-13(24)11(8-20)7-10-5-3-4-6-12(10)16(17,18)19/h3-7,9H,1-2H3,(H,21,23,24)/b11-7-. The lowest BCUT2D eigenvalue weighted by molar-refractivity contribution is -0.137. The molecule has 5 nitrogen and oxygen atoms in total. The zero-order valence-corrected chi connectivity index (χ0v) is 14.1. The van der Waals surface area contributed by atoms with Crippen molar-refractivity contribution >= 4 is 28.5 Å². The highest BCUT2D eigenvalue weighted by Crippen LogP contribution is 2.33. The van der Waals surface area contributed by atoms with Crippen molar-refractivity contribution in [3.63, 3.8) is 0 Å². The van der Waals surface area contributed by atoms with Gasteiger partial charge >= 0.3 is 6.18 Å². The summed E-state index contributed by atoms with van der Waals surface area (Å²) in [7, 11) is 0. The Morgan fingerprint density at radius 1 is 1.32 bits per heavy atom. The van der Waals surface area contributed by atoms with Crippen LogP contribution in [0.2, 0.25) is 0 Å². The number of rotatable bonds is 4. The van der Waals surface area contributed by atoms with Gasteiger partial charge in [0.05, 0.1) is 5.56 Å². The third-order valence-corrected chi connectivity index (χ3v) is 4.23. The van der Waals surface area contributed by atoms with E-state index in [0.29, 0.717) is 5.01 Å². The summed E-state index contributed by atoms with van der Waals surface area (Å²) in [6.07, 6.45) is -3.68. The number of hydrogen-bond donors (Lipinski definition) is 1. The molecule has 0 aliphatic heterocycles. The fourth-order valence-electron chi connectivity index (χ4n) is 1.87. The van der Waals surface area contributed by atoms with E-state index in [9.17, 15) is 18.0 Å². The summed E-state index contributed by atoms with van der Waals surface area (Å²) in [5.41, 5.74) is -1.65. The maximum absolute atomic E-state index is 13.0. The first-order valence-corrected chi connectivity index (χ1v) is 7.96. The topological polar surface area (TPSA) is 78.7 Å². The van der Waals surface area contributed by atoms with Crippen LogP contribution in [0.25, 0.3) is 6.08 Å². The first-order chi connectivity index (χ1) is 11.7. The molecule has 25 heavy (non-hydrogen) atoms. The minimum atomic E-state index is -4.59. The number of benzene rings is 1. The second-order valence-corrected chi connectivity index (χ2v) is 6.32. The number of anilines is 1. The Balaban J connectivity index is 2.29. The number of hydrogen-bond acceptors (Lipinski definition) is 5. The molecule has 0 radical (unpaired) electrons. The van der Waals surface area contributed by atoms with Gasteiger partial charge in [-0.1, -0.05) is 43.4 Å². The molecule has 0 saturated heterocycles. The zero-order valence-electron chi connectivity index (χ0n) is 13.3. The smallest absolute Gasteiger partial charge is 0.296 e. The Hall–Kier alpha value is -2.73. The van der Waals surface area contributed by atoms with Crippen molar-refractivity contribution in [1.29, 1.82) is 5.26 Å². The van der Waals surface area contributed by atoms with Crippen LogP contribution >= 0.6 is 11.3 Å². The van der Waals surface area contributed by atoms with Gasteiger partial charge in [0.1, 0.15) is 16.6 Å². The van der Waals surface area contributed by atoms with Crippen LogP contribution in [0, 0.1) is 11.3 Å². The molecule has 2 aromatic rings. The average molecular weight is 366 g/mol. The number of alkyl halides is 3. The Bertz CT molecular complexity index is 850. The molecule has 1 heterocycles. The van der Waals surface area contributed by atoms with Crippen LogP contribution in [0.5, 0.6) is 0 Å². The molecule has 1 aromatic heterocycles. The van der Waals surface area contributed by atoms with Gasteiger partial charge in [-0.25, -0.2) is 0 Å². The van der Waals surface area contributed by atoms with Crippen LogP contribution < -0.4 is 5.32 Å². The first-order valence-electron chi connectivity index (χ1n) is 7.15. The van der Waals surface area contributed by atoms with E-state index in [0.717, 1.165) is 23.5 Å². The number of amides is 1. The van der Waals surface area contributed by atoms with Crippen LogP contribution in [-0.4, -0.2) is 16.1 Å². The van der Waals surface area contributed by atoms with Gasteiger partial charge in [-0.05, 0) is 17.7 Å². The van der Waals surface area contributed by atoms with Crippen LogP contribution in [0.1, 0.15) is 35.9 Å². The molecule has 0 spiro atoms. The molecule has 0 fully saturated rings. The van der Waals surface area contributed by atoms with Crippen LogP contribution in [0.3, 0.4) is 0 Å². The second-order valence-electron chi connectivity index (χ2n) is 5.31. The number of nitriles is 1. The molecule has 1 N–H and O–H groups in total. The quantitative estimate of drug-likeness (QED) is 0.649. The average Bonchev–Trinajstić information content (AvgIpc) is 3.00. The van der Waals surface area contributed by atoms with E-state index in [1.807, 2.05) is 13.8 Å². The summed E-state index contributed by atoms with van der Waals surface area (Å²) >= 11 is 1.14. The van der Waals surface area contributed by atoms with E-state index in [1.165, 1.54) is 18.2 Å². The Morgan fingerprint density at radius 3 is 2.56 bits per heavy atom. The number of nitrogens with zero attached hydrogens (tertiary/aromatic N) is 3. The van der Waals surface area contributed by atoms with Gasteiger partial charge in [-0.3, -0.25) is 10.1 Å². The van der Waals surface area contributed by atoms with Gasteiger partial charge in [0.2, 0.25) is 5.13 Å². The number of carbonyl (C=O) groups is 1. The molecule has 130 valence electrons. The monoisotopic (exact) mass is 366 g/mol. The molecule has 9 heteroatoms. The Morgan fingerprint density at radius 2 is 2.00 bits per heavy atom. The van der Waals surface area contributed by atoms with E-state index >= 15 is 0 Å². The van der Waals surface area contributed by atoms with Crippen molar-refractivity contribution in [2.75, 3.05) is 5.32 Å². The van der Waals surface area contributed by atoms with Gasteiger partial charge in [0.15, 0.2) is 0 Å². The maximum atomic E-state index is 13.0. The zero-order chi connectivity index (χ0) is 18.6. The fraction of sp³-hybridized carbons (Fsp3) is 0.250. The van der Waals surface area contributed by atoms with Crippen molar-refractivity contribution < 1.29 is 18.0 Å². The van der Waals surface area contributed by atoms with Crippen molar-refractivity contribution in [3.8, 4) is 6.07 Å². The molecule has 1 aromatic carbocycles. The van der Waals surface area contributed by atoms with Crippen LogP contribution in [0.4, 0.5) is 18.3 Å². The van der Waals surface area contributed by atoms with E-state index < -0.39 is 23.2 Å². The SMILES string of the molecule is CC(C)c1nnc(NC(=O)/C(C#N)=C\c2ccccc2C(F)(F)F)s1. The summed E-state index contributed by atoms with van der Waals surface area (Å²) in [6, 6.07) is 6.33. The lowest BCUT2D eigenvalue weighted by Crippen LogP contribution is -2.14. The maximum Gasteiger partial charge on any atom is 0.416 e. The van der Waals surface area contributed by atoms with Gasteiger partial charge < -0.3 is 0 Å².